The minimum absolute atomic E-state index is 0. The van der Waals surface area contributed by atoms with Crippen molar-refractivity contribution in [1.82, 2.24) is 19.8 Å². The number of halogens is 1. The van der Waals surface area contributed by atoms with Crippen LogP contribution in [-0.2, 0) is 0 Å². The zero-order valence-corrected chi connectivity index (χ0v) is 15.4. The Morgan fingerprint density at radius 1 is 0.800 bits per heavy atom. The molecule has 2 fully saturated rings. The molecule has 0 saturated carbocycles. The topological polar surface area (TPSA) is 79.2 Å². The molecule has 2 N–H and O–H groups in total. The van der Waals surface area contributed by atoms with Crippen molar-refractivity contribution >= 4 is 24.2 Å². The van der Waals surface area contributed by atoms with Crippen LogP contribution in [0.3, 0.4) is 0 Å². The van der Waals surface area contributed by atoms with Crippen molar-refractivity contribution in [2.24, 2.45) is 0 Å². The number of piperazine rings is 2. The normalized spacial score (nSPS) is 19.8. The van der Waals surface area contributed by atoms with Gasteiger partial charge in [-0.15, -0.1) is 12.4 Å². The summed E-state index contributed by atoms with van der Waals surface area (Å²) in [5.41, 5.74) is 0. The molecule has 3 heterocycles. The Hall–Kier alpha value is -1.19. The van der Waals surface area contributed by atoms with E-state index in [9.17, 15) is 0 Å². The van der Waals surface area contributed by atoms with Crippen LogP contribution in [0.2, 0.25) is 0 Å². The largest absolute Gasteiger partial charge is 0.395 e. The molecule has 2 aliphatic heterocycles. The number of aliphatic hydroxyl groups excluding tert-OH is 2. The van der Waals surface area contributed by atoms with Gasteiger partial charge in [0.1, 0.15) is 5.82 Å². The van der Waals surface area contributed by atoms with E-state index in [0.717, 1.165) is 77.2 Å². The Labute approximate surface area is 155 Å². The third-order valence-electron chi connectivity index (χ3n) is 4.81. The van der Waals surface area contributed by atoms with Crippen molar-refractivity contribution in [1.29, 1.82) is 0 Å². The van der Waals surface area contributed by atoms with E-state index in [-0.39, 0.29) is 25.6 Å². The molecule has 8 nitrogen and oxygen atoms in total. The van der Waals surface area contributed by atoms with Crippen molar-refractivity contribution in [2.45, 2.75) is 0 Å². The average Bonchev–Trinajstić information content (AvgIpc) is 2.64. The fraction of sp³-hybridized carbons (Fsp3) is 0.750. The van der Waals surface area contributed by atoms with E-state index in [0.29, 0.717) is 0 Å². The summed E-state index contributed by atoms with van der Waals surface area (Å²) < 4.78 is 0. The molecule has 0 bridgehead atoms. The molecule has 142 valence electrons. The Morgan fingerprint density at radius 3 is 1.84 bits per heavy atom. The zero-order valence-electron chi connectivity index (χ0n) is 14.6. The van der Waals surface area contributed by atoms with Crippen molar-refractivity contribution in [2.75, 3.05) is 88.5 Å². The lowest BCUT2D eigenvalue weighted by Gasteiger charge is -2.36. The van der Waals surface area contributed by atoms with Gasteiger partial charge in [0.15, 0.2) is 0 Å². The highest BCUT2D eigenvalue weighted by atomic mass is 35.5. The van der Waals surface area contributed by atoms with Crippen LogP contribution in [0.1, 0.15) is 0 Å². The Morgan fingerprint density at radius 2 is 1.32 bits per heavy atom. The second-order valence-electron chi connectivity index (χ2n) is 6.32. The maximum absolute atomic E-state index is 9.04. The molecule has 0 amide bonds. The molecule has 0 radical (unpaired) electrons. The molecule has 2 saturated heterocycles. The third kappa shape index (κ3) is 5.39. The van der Waals surface area contributed by atoms with Gasteiger partial charge in [0.2, 0.25) is 5.95 Å². The number of rotatable bonds is 6. The summed E-state index contributed by atoms with van der Waals surface area (Å²) in [5, 5.41) is 18.1. The van der Waals surface area contributed by atoms with E-state index in [1.54, 1.807) is 0 Å². The predicted octanol–water partition coefficient (Wildman–Crippen LogP) is -0.873. The average molecular weight is 373 g/mol. The summed E-state index contributed by atoms with van der Waals surface area (Å²) in [6.07, 6.45) is 1.85. The SMILES string of the molecule is Cl.OCCN1CCN(c2ccnc(N3CCN(CCO)CC3)n2)CC1. The number of nitrogens with zero attached hydrogens (tertiary/aromatic N) is 6. The molecule has 0 spiro atoms. The fourth-order valence-corrected chi connectivity index (χ4v) is 3.32. The van der Waals surface area contributed by atoms with Crippen molar-refractivity contribution in [3.05, 3.63) is 12.3 Å². The van der Waals surface area contributed by atoms with Gasteiger partial charge in [0.25, 0.3) is 0 Å². The maximum atomic E-state index is 9.04. The van der Waals surface area contributed by atoms with E-state index in [4.69, 9.17) is 15.2 Å². The van der Waals surface area contributed by atoms with Gasteiger partial charge in [-0.1, -0.05) is 0 Å². The van der Waals surface area contributed by atoms with E-state index in [2.05, 4.69) is 24.6 Å². The Kier molecular flexibility index (Phi) is 8.11. The summed E-state index contributed by atoms with van der Waals surface area (Å²) in [5.74, 6) is 1.79. The molecule has 0 aromatic carbocycles. The highest BCUT2D eigenvalue weighted by Crippen LogP contribution is 2.18. The van der Waals surface area contributed by atoms with Gasteiger partial charge in [-0.05, 0) is 6.07 Å². The molecule has 1 aromatic heterocycles. The first-order chi connectivity index (χ1) is 11.8. The minimum Gasteiger partial charge on any atom is -0.395 e. The van der Waals surface area contributed by atoms with Crippen LogP contribution in [-0.4, -0.2) is 109 Å². The smallest absolute Gasteiger partial charge is 0.227 e. The summed E-state index contributed by atoms with van der Waals surface area (Å²) in [7, 11) is 0. The maximum Gasteiger partial charge on any atom is 0.227 e. The standard InChI is InChI=1S/C16H28N6O2.ClH/c23-13-11-19-3-7-21(8-4-19)15-1-2-17-16(18-15)22-9-5-20(6-10-22)12-14-24;/h1-2,23-24H,3-14H2;1H. The lowest BCUT2D eigenvalue weighted by Crippen LogP contribution is -2.48. The summed E-state index contributed by atoms with van der Waals surface area (Å²) in [4.78, 5) is 18.3. The Balaban J connectivity index is 0.00000225. The molecule has 1 aromatic rings. The van der Waals surface area contributed by atoms with E-state index in [1.165, 1.54) is 0 Å². The molecule has 0 unspecified atom stereocenters. The van der Waals surface area contributed by atoms with Crippen molar-refractivity contribution < 1.29 is 10.2 Å². The molecule has 0 aliphatic carbocycles. The highest BCUT2D eigenvalue weighted by molar-refractivity contribution is 5.85. The van der Waals surface area contributed by atoms with Crippen LogP contribution in [0.15, 0.2) is 12.3 Å². The molecule has 0 atom stereocenters. The number of hydrogen-bond acceptors (Lipinski definition) is 8. The van der Waals surface area contributed by atoms with Gasteiger partial charge in [0, 0.05) is 71.6 Å². The van der Waals surface area contributed by atoms with Crippen LogP contribution in [0.4, 0.5) is 11.8 Å². The molecule has 3 rings (SSSR count). The van der Waals surface area contributed by atoms with Crippen molar-refractivity contribution in [3.8, 4) is 0 Å². The summed E-state index contributed by atoms with van der Waals surface area (Å²) >= 11 is 0. The van der Waals surface area contributed by atoms with Crippen LogP contribution in [0.25, 0.3) is 0 Å². The molecule has 9 heteroatoms. The molecular weight excluding hydrogens is 344 g/mol. The minimum atomic E-state index is 0. The van der Waals surface area contributed by atoms with E-state index in [1.807, 2.05) is 12.3 Å². The number of aromatic nitrogens is 2. The van der Waals surface area contributed by atoms with Crippen LogP contribution < -0.4 is 9.80 Å². The summed E-state index contributed by atoms with van der Waals surface area (Å²) in [6, 6.07) is 1.98. The van der Waals surface area contributed by atoms with E-state index >= 15 is 0 Å². The second-order valence-corrected chi connectivity index (χ2v) is 6.32. The first-order valence-corrected chi connectivity index (χ1v) is 8.79. The second kappa shape index (κ2) is 10.1. The fourth-order valence-electron chi connectivity index (χ4n) is 3.32. The lowest BCUT2D eigenvalue weighted by atomic mass is 10.3. The van der Waals surface area contributed by atoms with Crippen LogP contribution >= 0.6 is 12.4 Å². The molecule has 25 heavy (non-hydrogen) atoms. The lowest BCUT2D eigenvalue weighted by molar-refractivity contribution is 0.188. The monoisotopic (exact) mass is 372 g/mol. The first-order valence-electron chi connectivity index (χ1n) is 8.79. The molecular formula is C16H29ClN6O2. The number of hydrogen-bond donors (Lipinski definition) is 2. The Bertz CT molecular complexity index is 466. The van der Waals surface area contributed by atoms with Crippen LogP contribution in [0.5, 0.6) is 0 Å². The number of aliphatic hydroxyl groups is 2. The van der Waals surface area contributed by atoms with E-state index < -0.39 is 0 Å². The number of anilines is 2. The molecule has 2 aliphatic rings. The summed E-state index contributed by atoms with van der Waals surface area (Å²) in [6.45, 7) is 9.38. The van der Waals surface area contributed by atoms with Gasteiger partial charge >= 0.3 is 0 Å². The number of β-amino-alcohol motifs (C(OH)–C–C–N with tert-alkyl or cyclic N) is 2. The van der Waals surface area contributed by atoms with Gasteiger partial charge in [-0.3, -0.25) is 9.80 Å². The zero-order chi connectivity index (χ0) is 16.8. The van der Waals surface area contributed by atoms with Gasteiger partial charge in [-0.2, -0.15) is 4.98 Å². The predicted molar refractivity (Wildman–Crippen MR) is 101 cm³/mol. The van der Waals surface area contributed by atoms with Gasteiger partial charge in [0.05, 0.1) is 13.2 Å². The highest BCUT2D eigenvalue weighted by Gasteiger charge is 2.21. The third-order valence-corrected chi connectivity index (χ3v) is 4.81. The van der Waals surface area contributed by atoms with Crippen LogP contribution in [0, 0.1) is 0 Å². The van der Waals surface area contributed by atoms with Gasteiger partial charge in [-0.25, -0.2) is 4.98 Å². The first kappa shape index (κ1) is 20.1. The quantitative estimate of drug-likeness (QED) is 0.667. The van der Waals surface area contributed by atoms with Crippen molar-refractivity contribution in [3.63, 3.8) is 0 Å². The van der Waals surface area contributed by atoms with Gasteiger partial charge < -0.3 is 20.0 Å².